The van der Waals surface area contributed by atoms with E-state index in [1.807, 2.05) is 0 Å². The molecule has 2 heterocycles. The van der Waals surface area contributed by atoms with Crippen molar-refractivity contribution in [1.82, 2.24) is 14.9 Å². The number of carbonyl (C=O) groups excluding carboxylic acids is 2. The molecule has 5 rings (SSSR count). The number of nitrogens with one attached hydrogen (secondary N) is 2. The Morgan fingerprint density at radius 1 is 1.20 bits per heavy atom. The Hall–Kier alpha value is -3.92. The van der Waals surface area contributed by atoms with E-state index in [0.29, 0.717) is 35.0 Å². The van der Waals surface area contributed by atoms with Gasteiger partial charge in [-0.25, -0.2) is 14.6 Å². The van der Waals surface area contributed by atoms with Crippen LogP contribution in [0.25, 0.3) is 11.0 Å². The molecule has 1 fully saturated rings. The molecule has 2 aromatic carbocycles. The lowest BCUT2D eigenvalue weighted by atomic mass is 9.82. The van der Waals surface area contributed by atoms with E-state index in [9.17, 15) is 24.6 Å². The van der Waals surface area contributed by atoms with Gasteiger partial charge in [0.15, 0.2) is 5.72 Å². The standard InChI is InChI=1S/C25H26N4O6/c1-35-24(33)28-23-26-18-12-11-15(13-19(18)27-23)25(34)17-10-6-5-9-16(17)21(30)29(25)20(22(31)32)14-7-3-2-4-8-14/h5-6,9-14,20,34H,2-4,7-8H2,1H3,(H,31,32)(H2,26,27,28,33)/t20-,25?/m0/s1. The zero-order valence-electron chi connectivity index (χ0n) is 19.2. The van der Waals surface area contributed by atoms with E-state index in [1.165, 1.54) is 7.11 Å². The Labute approximate surface area is 200 Å². The number of aromatic nitrogens is 2. The maximum Gasteiger partial charge on any atom is 0.413 e. The van der Waals surface area contributed by atoms with Crippen LogP contribution in [0.15, 0.2) is 42.5 Å². The van der Waals surface area contributed by atoms with E-state index in [4.69, 9.17) is 0 Å². The molecule has 0 saturated heterocycles. The Kier molecular flexibility index (Phi) is 5.68. The molecule has 1 unspecified atom stereocenters. The fourth-order valence-electron chi connectivity index (χ4n) is 5.41. The van der Waals surface area contributed by atoms with E-state index >= 15 is 0 Å². The van der Waals surface area contributed by atoms with Crippen molar-refractivity contribution in [2.24, 2.45) is 5.92 Å². The summed E-state index contributed by atoms with van der Waals surface area (Å²) in [7, 11) is 1.24. The molecule has 0 radical (unpaired) electrons. The van der Waals surface area contributed by atoms with Gasteiger partial charge in [0.25, 0.3) is 5.91 Å². The molecule has 1 aliphatic carbocycles. The van der Waals surface area contributed by atoms with Gasteiger partial charge in [-0.3, -0.25) is 15.0 Å². The second-order valence-electron chi connectivity index (χ2n) is 9.01. The fourth-order valence-corrected chi connectivity index (χ4v) is 5.41. The molecule has 2 atom stereocenters. The van der Waals surface area contributed by atoms with Gasteiger partial charge in [-0.15, -0.1) is 0 Å². The number of benzene rings is 2. The van der Waals surface area contributed by atoms with Gasteiger partial charge in [0.05, 0.1) is 18.1 Å². The molecule has 3 aromatic rings. The zero-order valence-corrected chi connectivity index (χ0v) is 19.2. The average Bonchev–Trinajstić information content (AvgIpc) is 3.36. The summed E-state index contributed by atoms with van der Waals surface area (Å²) in [5, 5.41) is 25.0. The summed E-state index contributed by atoms with van der Waals surface area (Å²) in [6.45, 7) is 0. The van der Waals surface area contributed by atoms with Gasteiger partial charge >= 0.3 is 12.1 Å². The topological polar surface area (TPSA) is 145 Å². The lowest BCUT2D eigenvalue weighted by Crippen LogP contribution is -2.56. The van der Waals surface area contributed by atoms with Gasteiger partial charge in [0.2, 0.25) is 5.95 Å². The van der Waals surface area contributed by atoms with Crippen molar-refractivity contribution in [3.05, 3.63) is 59.2 Å². The summed E-state index contributed by atoms with van der Waals surface area (Å²) in [5.41, 5.74) is -0.0745. The Morgan fingerprint density at radius 2 is 1.94 bits per heavy atom. The first kappa shape index (κ1) is 22.9. The van der Waals surface area contributed by atoms with E-state index in [2.05, 4.69) is 20.0 Å². The number of hydrogen-bond donors (Lipinski definition) is 4. The number of nitrogens with zero attached hydrogens (tertiary/aromatic N) is 2. The SMILES string of the molecule is COC(=O)Nc1nc2ccc(C3(O)c4ccccc4C(=O)N3[C@H](C(=O)O)C3CCCCC3)cc2[nH]1. The summed E-state index contributed by atoms with van der Waals surface area (Å²) in [6.07, 6.45) is 3.46. The Bertz CT molecular complexity index is 1310. The third kappa shape index (κ3) is 3.70. The van der Waals surface area contributed by atoms with Gasteiger partial charge in [-0.1, -0.05) is 43.5 Å². The predicted molar refractivity (Wildman–Crippen MR) is 126 cm³/mol. The molecule has 1 aromatic heterocycles. The third-order valence-corrected chi connectivity index (χ3v) is 7.02. The second-order valence-corrected chi connectivity index (χ2v) is 9.01. The number of rotatable bonds is 5. The number of aliphatic hydroxyl groups is 1. The first-order valence-electron chi connectivity index (χ1n) is 11.6. The molecular formula is C25H26N4O6. The minimum absolute atomic E-state index is 0.154. The van der Waals surface area contributed by atoms with Gasteiger partial charge < -0.3 is 19.9 Å². The van der Waals surface area contributed by atoms with Crippen molar-refractivity contribution in [3.63, 3.8) is 0 Å². The van der Waals surface area contributed by atoms with Gasteiger partial charge in [0.1, 0.15) is 6.04 Å². The van der Waals surface area contributed by atoms with Crippen molar-refractivity contribution in [2.45, 2.75) is 43.9 Å². The number of carboxylic acids is 1. The number of carbonyl (C=O) groups is 3. The molecule has 1 saturated carbocycles. The van der Waals surface area contributed by atoms with Gasteiger partial charge in [-0.2, -0.15) is 0 Å². The lowest BCUT2D eigenvalue weighted by Gasteiger charge is -2.42. The molecule has 35 heavy (non-hydrogen) atoms. The van der Waals surface area contributed by atoms with Gasteiger partial charge in [0, 0.05) is 16.7 Å². The summed E-state index contributed by atoms with van der Waals surface area (Å²) < 4.78 is 4.59. The molecule has 182 valence electrons. The van der Waals surface area contributed by atoms with Crippen LogP contribution in [0.4, 0.5) is 10.7 Å². The molecular weight excluding hydrogens is 452 g/mol. The quantitative estimate of drug-likeness (QED) is 0.440. The molecule has 10 heteroatoms. The van der Waals surface area contributed by atoms with Crippen LogP contribution in [-0.2, 0) is 15.3 Å². The molecule has 2 amide bonds. The minimum atomic E-state index is -2.00. The predicted octanol–water partition coefficient (Wildman–Crippen LogP) is 3.42. The summed E-state index contributed by atoms with van der Waals surface area (Å²) in [6, 6.07) is 10.4. The maximum absolute atomic E-state index is 13.6. The van der Waals surface area contributed by atoms with E-state index in [-0.39, 0.29) is 17.4 Å². The number of H-pyrrole nitrogens is 1. The first-order chi connectivity index (χ1) is 16.8. The number of anilines is 1. The number of amides is 2. The molecule has 0 bridgehead atoms. The van der Waals surface area contributed by atoms with E-state index in [1.54, 1.807) is 42.5 Å². The number of methoxy groups -OCH3 is 1. The highest BCUT2D eigenvalue weighted by Gasteiger charge is 2.55. The highest BCUT2D eigenvalue weighted by molar-refractivity contribution is 6.02. The number of imidazole rings is 1. The van der Waals surface area contributed by atoms with Crippen LogP contribution in [0.2, 0.25) is 0 Å². The van der Waals surface area contributed by atoms with Gasteiger partial charge in [-0.05, 0) is 37.0 Å². The van der Waals surface area contributed by atoms with E-state index in [0.717, 1.165) is 24.2 Å². The first-order valence-corrected chi connectivity index (χ1v) is 11.6. The number of aliphatic carboxylic acids is 1. The number of fused-ring (bicyclic) bond motifs is 2. The minimum Gasteiger partial charge on any atom is -0.480 e. The molecule has 0 spiro atoms. The molecule has 10 nitrogen and oxygen atoms in total. The largest absolute Gasteiger partial charge is 0.480 e. The lowest BCUT2D eigenvalue weighted by molar-refractivity contribution is -0.155. The summed E-state index contributed by atoms with van der Waals surface area (Å²) in [5.74, 6) is -1.76. The molecule has 1 aliphatic heterocycles. The van der Waals surface area contributed by atoms with Crippen LogP contribution < -0.4 is 5.32 Å². The van der Waals surface area contributed by atoms with Crippen molar-refractivity contribution in [3.8, 4) is 0 Å². The number of ether oxygens (including phenoxy) is 1. The number of carboxylic acid groups (broad SMARTS) is 1. The van der Waals surface area contributed by atoms with Crippen molar-refractivity contribution in [1.29, 1.82) is 0 Å². The van der Waals surface area contributed by atoms with Crippen LogP contribution in [0.3, 0.4) is 0 Å². The second kappa shape index (κ2) is 8.70. The van der Waals surface area contributed by atoms with Crippen molar-refractivity contribution >= 4 is 35.0 Å². The van der Waals surface area contributed by atoms with Crippen molar-refractivity contribution < 1.29 is 29.3 Å². The smallest absolute Gasteiger partial charge is 0.413 e. The van der Waals surface area contributed by atoms with Crippen LogP contribution in [-0.4, -0.2) is 56.2 Å². The fraction of sp³-hybridized carbons (Fsp3) is 0.360. The Balaban J connectivity index is 1.64. The van der Waals surface area contributed by atoms with Crippen LogP contribution in [0.1, 0.15) is 53.6 Å². The normalized spacial score (nSPS) is 21.1. The van der Waals surface area contributed by atoms with Crippen LogP contribution >= 0.6 is 0 Å². The highest BCUT2D eigenvalue weighted by atomic mass is 16.5. The van der Waals surface area contributed by atoms with E-state index < -0.39 is 29.7 Å². The van der Waals surface area contributed by atoms with Crippen molar-refractivity contribution in [2.75, 3.05) is 12.4 Å². The molecule has 4 N–H and O–H groups in total. The van der Waals surface area contributed by atoms with Crippen LogP contribution in [0, 0.1) is 5.92 Å². The maximum atomic E-state index is 13.6. The highest BCUT2D eigenvalue weighted by Crippen LogP contribution is 2.46. The Morgan fingerprint density at radius 3 is 2.66 bits per heavy atom. The number of hydrogen-bond acceptors (Lipinski definition) is 6. The third-order valence-electron chi connectivity index (χ3n) is 7.02. The monoisotopic (exact) mass is 478 g/mol. The number of aromatic amines is 1. The molecule has 2 aliphatic rings. The average molecular weight is 479 g/mol. The summed E-state index contributed by atoms with van der Waals surface area (Å²) in [4.78, 5) is 46.1. The summed E-state index contributed by atoms with van der Waals surface area (Å²) >= 11 is 0. The van der Waals surface area contributed by atoms with Crippen LogP contribution in [0.5, 0.6) is 0 Å². The zero-order chi connectivity index (χ0) is 24.7.